The van der Waals surface area contributed by atoms with Crippen LogP contribution in [0.1, 0.15) is 0 Å². The van der Waals surface area contributed by atoms with E-state index in [1.165, 1.54) is 12.5 Å². The average molecular weight is 247 g/mol. The van der Waals surface area contributed by atoms with Gasteiger partial charge in [0, 0.05) is 5.02 Å². The Kier molecular flexibility index (Phi) is 2.19. The van der Waals surface area contributed by atoms with Crippen molar-refractivity contribution in [2.24, 2.45) is 0 Å². The molecule has 0 fully saturated rings. The van der Waals surface area contributed by atoms with Crippen LogP contribution in [0.5, 0.6) is 0 Å². The molecule has 84 valence electrons. The van der Waals surface area contributed by atoms with Crippen LogP contribution in [0.15, 0.2) is 41.6 Å². The minimum Gasteiger partial charge on any atom is -0.312 e. The van der Waals surface area contributed by atoms with Crippen molar-refractivity contribution >= 4 is 22.6 Å². The Morgan fingerprint density at radius 2 is 2.24 bits per heavy atom. The number of nitrogens with one attached hydrogen (secondary N) is 1. The van der Waals surface area contributed by atoms with Crippen molar-refractivity contribution in [1.82, 2.24) is 19.7 Å². The molecule has 0 saturated heterocycles. The fourth-order valence-electron chi connectivity index (χ4n) is 1.65. The Bertz CT molecular complexity index is 746. The predicted molar refractivity (Wildman–Crippen MR) is 64.5 cm³/mol. The van der Waals surface area contributed by atoms with Crippen molar-refractivity contribution in [3.8, 4) is 5.69 Å². The molecule has 0 bridgehead atoms. The van der Waals surface area contributed by atoms with Gasteiger partial charge in [-0.15, -0.1) is 0 Å². The highest BCUT2D eigenvalue weighted by Gasteiger charge is 2.08. The standard InChI is InChI=1S/C11H7ClN4O/c12-7-2-1-3-8(4-7)16-10-9(5-15-16)11(17)14-6-13-10/h1-6H,(H,13,14,17). The molecule has 0 radical (unpaired) electrons. The minimum atomic E-state index is -0.205. The van der Waals surface area contributed by atoms with Gasteiger partial charge in [0.05, 0.1) is 18.2 Å². The Morgan fingerprint density at radius 1 is 1.35 bits per heavy atom. The number of benzene rings is 1. The third-order valence-electron chi connectivity index (χ3n) is 2.42. The van der Waals surface area contributed by atoms with E-state index in [4.69, 9.17) is 11.6 Å². The molecule has 0 aliphatic heterocycles. The summed E-state index contributed by atoms with van der Waals surface area (Å²) in [6.07, 6.45) is 2.84. The Labute approximate surface area is 101 Å². The van der Waals surface area contributed by atoms with Crippen molar-refractivity contribution in [3.63, 3.8) is 0 Å². The summed E-state index contributed by atoms with van der Waals surface area (Å²) in [5.74, 6) is 0. The second-order valence-electron chi connectivity index (χ2n) is 3.51. The fraction of sp³-hybridized carbons (Fsp3) is 0. The van der Waals surface area contributed by atoms with Gasteiger partial charge in [0.15, 0.2) is 5.65 Å². The molecule has 6 heteroatoms. The maximum atomic E-state index is 11.5. The Balaban J connectivity index is 2.32. The van der Waals surface area contributed by atoms with Crippen LogP contribution in [0, 0.1) is 0 Å². The number of halogens is 1. The number of hydrogen-bond donors (Lipinski definition) is 1. The summed E-state index contributed by atoms with van der Waals surface area (Å²) in [5, 5.41) is 5.20. The van der Waals surface area contributed by atoms with E-state index < -0.39 is 0 Å². The highest BCUT2D eigenvalue weighted by molar-refractivity contribution is 6.30. The van der Waals surface area contributed by atoms with E-state index in [0.717, 1.165) is 5.69 Å². The molecule has 17 heavy (non-hydrogen) atoms. The smallest absolute Gasteiger partial charge is 0.261 e. The lowest BCUT2D eigenvalue weighted by Gasteiger charge is -2.02. The van der Waals surface area contributed by atoms with Gasteiger partial charge in [-0.2, -0.15) is 5.10 Å². The molecule has 0 unspecified atom stereocenters. The maximum Gasteiger partial charge on any atom is 0.261 e. The van der Waals surface area contributed by atoms with Crippen LogP contribution < -0.4 is 5.56 Å². The molecule has 3 rings (SSSR count). The SMILES string of the molecule is O=c1[nH]cnc2c1cnn2-c1cccc(Cl)c1. The first-order chi connectivity index (χ1) is 8.25. The normalized spacial score (nSPS) is 10.9. The second-order valence-corrected chi connectivity index (χ2v) is 3.94. The highest BCUT2D eigenvalue weighted by Crippen LogP contribution is 2.17. The van der Waals surface area contributed by atoms with E-state index in [-0.39, 0.29) is 5.56 Å². The molecule has 3 aromatic rings. The molecule has 0 aliphatic rings. The van der Waals surface area contributed by atoms with Crippen LogP contribution in [0.3, 0.4) is 0 Å². The van der Waals surface area contributed by atoms with Crippen LogP contribution in [0.25, 0.3) is 16.7 Å². The molecule has 0 aliphatic carbocycles. The van der Waals surface area contributed by atoms with E-state index >= 15 is 0 Å². The Morgan fingerprint density at radius 3 is 3.06 bits per heavy atom. The second kappa shape index (κ2) is 3.71. The minimum absolute atomic E-state index is 0.205. The van der Waals surface area contributed by atoms with Crippen LogP contribution in [0.4, 0.5) is 0 Å². The first kappa shape index (κ1) is 10.0. The summed E-state index contributed by atoms with van der Waals surface area (Å²) < 4.78 is 1.58. The number of aromatic amines is 1. The summed E-state index contributed by atoms with van der Waals surface area (Å²) in [6, 6.07) is 7.20. The zero-order chi connectivity index (χ0) is 11.8. The largest absolute Gasteiger partial charge is 0.312 e. The zero-order valence-corrected chi connectivity index (χ0v) is 9.35. The lowest BCUT2D eigenvalue weighted by molar-refractivity contribution is 0.894. The lowest BCUT2D eigenvalue weighted by Crippen LogP contribution is -2.06. The zero-order valence-electron chi connectivity index (χ0n) is 8.59. The molecule has 0 saturated carbocycles. The molecule has 2 heterocycles. The van der Waals surface area contributed by atoms with Gasteiger partial charge in [-0.25, -0.2) is 9.67 Å². The van der Waals surface area contributed by atoms with Crippen molar-refractivity contribution in [2.45, 2.75) is 0 Å². The van der Waals surface area contributed by atoms with Gasteiger partial charge in [-0.1, -0.05) is 17.7 Å². The molecule has 2 aromatic heterocycles. The van der Waals surface area contributed by atoms with Gasteiger partial charge < -0.3 is 4.98 Å². The summed E-state index contributed by atoms with van der Waals surface area (Å²) in [7, 11) is 0. The van der Waals surface area contributed by atoms with Crippen LogP contribution in [0.2, 0.25) is 5.02 Å². The van der Waals surface area contributed by atoms with Gasteiger partial charge in [0.2, 0.25) is 0 Å². The van der Waals surface area contributed by atoms with E-state index in [1.54, 1.807) is 16.8 Å². The molecule has 1 aromatic carbocycles. The number of rotatable bonds is 1. The average Bonchev–Trinajstić information content (AvgIpc) is 2.74. The van der Waals surface area contributed by atoms with E-state index in [2.05, 4.69) is 15.1 Å². The lowest BCUT2D eigenvalue weighted by atomic mass is 10.3. The third-order valence-corrected chi connectivity index (χ3v) is 2.66. The molecule has 1 N–H and O–H groups in total. The van der Waals surface area contributed by atoms with Crippen LogP contribution in [-0.4, -0.2) is 19.7 Å². The van der Waals surface area contributed by atoms with Crippen molar-refractivity contribution in [1.29, 1.82) is 0 Å². The summed E-state index contributed by atoms with van der Waals surface area (Å²) >= 11 is 5.91. The molecular weight excluding hydrogens is 240 g/mol. The Hall–Kier alpha value is -2.14. The van der Waals surface area contributed by atoms with Gasteiger partial charge in [-0.3, -0.25) is 4.79 Å². The molecule has 0 spiro atoms. The maximum absolute atomic E-state index is 11.5. The fourth-order valence-corrected chi connectivity index (χ4v) is 1.84. The van der Waals surface area contributed by atoms with Gasteiger partial charge >= 0.3 is 0 Å². The van der Waals surface area contributed by atoms with E-state index in [0.29, 0.717) is 16.1 Å². The van der Waals surface area contributed by atoms with Gasteiger partial charge in [0.1, 0.15) is 5.39 Å². The monoisotopic (exact) mass is 246 g/mol. The summed E-state index contributed by atoms with van der Waals surface area (Å²) in [4.78, 5) is 18.1. The number of aromatic nitrogens is 4. The number of nitrogens with zero attached hydrogens (tertiary/aromatic N) is 3. The molecule has 5 nitrogen and oxygen atoms in total. The third kappa shape index (κ3) is 1.60. The first-order valence-electron chi connectivity index (χ1n) is 4.93. The van der Waals surface area contributed by atoms with Crippen LogP contribution >= 0.6 is 11.6 Å². The molecular formula is C11H7ClN4O. The van der Waals surface area contributed by atoms with Crippen molar-refractivity contribution < 1.29 is 0 Å². The number of fused-ring (bicyclic) bond motifs is 1. The van der Waals surface area contributed by atoms with Crippen LogP contribution in [-0.2, 0) is 0 Å². The van der Waals surface area contributed by atoms with Gasteiger partial charge in [0.25, 0.3) is 5.56 Å². The summed E-state index contributed by atoms with van der Waals surface area (Å²) in [5.41, 5.74) is 1.07. The van der Waals surface area contributed by atoms with E-state index in [9.17, 15) is 4.79 Å². The molecule has 0 amide bonds. The number of H-pyrrole nitrogens is 1. The molecule has 0 atom stereocenters. The summed E-state index contributed by atoms with van der Waals surface area (Å²) in [6.45, 7) is 0. The topological polar surface area (TPSA) is 63.6 Å². The van der Waals surface area contributed by atoms with Crippen molar-refractivity contribution in [3.05, 3.63) is 52.2 Å². The highest BCUT2D eigenvalue weighted by atomic mass is 35.5. The van der Waals surface area contributed by atoms with Gasteiger partial charge in [-0.05, 0) is 18.2 Å². The number of hydrogen-bond acceptors (Lipinski definition) is 3. The predicted octanol–water partition coefficient (Wildman–Crippen LogP) is 1.76. The van der Waals surface area contributed by atoms with E-state index in [1.807, 2.05) is 12.1 Å². The quantitative estimate of drug-likeness (QED) is 0.712. The van der Waals surface area contributed by atoms with Crippen molar-refractivity contribution in [2.75, 3.05) is 0 Å². The first-order valence-corrected chi connectivity index (χ1v) is 5.31.